The molecule has 0 bridgehead atoms. The molecule has 2 aromatic heterocycles. The van der Waals surface area contributed by atoms with Crippen molar-refractivity contribution < 1.29 is 14.3 Å². The van der Waals surface area contributed by atoms with Crippen molar-refractivity contribution in [3.8, 4) is 11.8 Å². The lowest BCUT2D eigenvalue weighted by Crippen LogP contribution is -2.11. The Labute approximate surface area is 147 Å². The number of benzene rings is 1. The highest BCUT2D eigenvalue weighted by Gasteiger charge is 2.21. The Hall–Kier alpha value is -3.37. The van der Waals surface area contributed by atoms with E-state index in [0.717, 1.165) is 0 Å². The van der Waals surface area contributed by atoms with Gasteiger partial charge in [0.15, 0.2) is 5.69 Å². The zero-order valence-corrected chi connectivity index (χ0v) is 14.0. The summed E-state index contributed by atoms with van der Waals surface area (Å²) in [4.78, 5) is 25.0. The Morgan fingerprint density at radius 3 is 2.52 bits per heavy atom. The molecule has 0 fully saturated rings. The van der Waals surface area contributed by atoms with Crippen LogP contribution in [0, 0.1) is 11.3 Å². The van der Waals surface area contributed by atoms with Crippen molar-refractivity contribution >= 4 is 28.8 Å². The zero-order chi connectivity index (χ0) is 18.0. The van der Waals surface area contributed by atoms with Crippen LogP contribution in [0.25, 0.3) is 5.69 Å². The first-order chi connectivity index (χ1) is 12.1. The van der Waals surface area contributed by atoms with E-state index in [9.17, 15) is 9.59 Å². The zero-order valence-electron chi connectivity index (χ0n) is 13.2. The number of hydrogen-bond donors (Lipinski definition) is 1. The largest absolute Gasteiger partial charge is 0.464 e. The number of aromatic nitrogens is 1. The third kappa shape index (κ3) is 2.91. The lowest BCUT2D eigenvalue weighted by atomic mass is 10.1. The maximum Gasteiger partial charge on any atom is 0.357 e. The van der Waals surface area contributed by atoms with Gasteiger partial charge in [-0.05, 0) is 35.7 Å². The Morgan fingerprint density at radius 2 is 1.96 bits per heavy atom. The summed E-state index contributed by atoms with van der Waals surface area (Å²) in [7, 11) is 1.24. The molecule has 6 nitrogen and oxygen atoms in total. The number of carbonyl (C=O) groups excluding carboxylic acids is 2. The molecule has 0 saturated carbocycles. The van der Waals surface area contributed by atoms with Gasteiger partial charge in [-0.3, -0.25) is 4.79 Å². The summed E-state index contributed by atoms with van der Waals surface area (Å²) in [6.07, 6.45) is 1.47. The SMILES string of the molecule is COC(=O)c1c(N)c(C#N)cn1-c1ccc(C(=O)c2cccs2)cc1. The monoisotopic (exact) mass is 351 g/mol. The van der Waals surface area contributed by atoms with Gasteiger partial charge < -0.3 is 15.0 Å². The number of methoxy groups -OCH3 is 1. The topological polar surface area (TPSA) is 98.1 Å². The van der Waals surface area contributed by atoms with E-state index in [1.807, 2.05) is 17.5 Å². The van der Waals surface area contributed by atoms with Crippen LogP contribution in [0.3, 0.4) is 0 Å². The number of ketones is 1. The average molecular weight is 351 g/mol. The Balaban J connectivity index is 2.02. The van der Waals surface area contributed by atoms with E-state index in [1.54, 1.807) is 30.3 Å². The molecule has 7 heteroatoms. The number of nitrogens with two attached hydrogens (primary N) is 1. The summed E-state index contributed by atoms with van der Waals surface area (Å²) >= 11 is 1.38. The summed E-state index contributed by atoms with van der Waals surface area (Å²) in [5.74, 6) is -0.711. The lowest BCUT2D eigenvalue weighted by Gasteiger charge is -2.09. The summed E-state index contributed by atoms with van der Waals surface area (Å²) < 4.78 is 6.23. The number of nitriles is 1. The van der Waals surface area contributed by atoms with Gasteiger partial charge in [-0.2, -0.15) is 5.26 Å². The smallest absolute Gasteiger partial charge is 0.357 e. The van der Waals surface area contributed by atoms with E-state index in [2.05, 4.69) is 0 Å². The van der Waals surface area contributed by atoms with Crippen molar-refractivity contribution in [3.63, 3.8) is 0 Å². The van der Waals surface area contributed by atoms with Crippen LogP contribution in [0.2, 0.25) is 0 Å². The molecule has 0 radical (unpaired) electrons. The van der Waals surface area contributed by atoms with E-state index in [1.165, 1.54) is 29.2 Å². The maximum atomic E-state index is 12.3. The fourth-order valence-corrected chi connectivity index (χ4v) is 3.13. The quantitative estimate of drug-likeness (QED) is 0.575. The maximum absolute atomic E-state index is 12.3. The first-order valence-corrected chi connectivity index (χ1v) is 8.12. The van der Waals surface area contributed by atoms with Crippen LogP contribution < -0.4 is 5.73 Å². The number of thiophene rings is 1. The molecule has 124 valence electrons. The number of hydrogen-bond acceptors (Lipinski definition) is 6. The molecule has 25 heavy (non-hydrogen) atoms. The van der Waals surface area contributed by atoms with E-state index in [0.29, 0.717) is 16.1 Å². The summed E-state index contributed by atoms with van der Waals surface area (Å²) in [6, 6.07) is 12.2. The predicted molar refractivity (Wildman–Crippen MR) is 94.0 cm³/mol. The van der Waals surface area contributed by atoms with Crippen LogP contribution in [0.15, 0.2) is 48.0 Å². The second kappa shape index (κ2) is 6.63. The Morgan fingerprint density at radius 1 is 1.24 bits per heavy atom. The van der Waals surface area contributed by atoms with Crippen molar-refractivity contribution in [2.24, 2.45) is 0 Å². The van der Waals surface area contributed by atoms with Crippen molar-refractivity contribution in [2.75, 3.05) is 12.8 Å². The Kier molecular flexibility index (Phi) is 4.37. The fraction of sp³-hybridized carbons (Fsp3) is 0.0556. The third-order valence-corrected chi connectivity index (χ3v) is 4.56. The highest BCUT2D eigenvalue weighted by atomic mass is 32.1. The van der Waals surface area contributed by atoms with Crippen molar-refractivity contribution in [3.05, 3.63) is 69.7 Å². The van der Waals surface area contributed by atoms with Gasteiger partial charge in [-0.25, -0.2) is 4.79 Å². The lowest BCUT2D eigenvalue weighted by molar-refractivity contribution is 0.0593. The van der Waals surface area contributed by atoms with E-state index in [4.69, 9.17) is 15.7 Å². The molecule has 0 unspecified atom stereocenters. The van der Waals surface area contributed by atoms with Gasteiger partial charge in [0.05, 0.1) is 23.2 Å². The van der Waals surface area contributed by atoms with Gasteiger partial charge >= 0.3 is 5.97 Å². The second-order valence-electron chi connectivity index (χ2n) is 5.13. The highest BCUT2D eigenvalue weighted by molar-refractivity contribution is 7.12. The molecule has 0 atom stereocenters. The second-order valence-corrected chi connectivity index (χ2v) is 6.08. The third-order valence-electron chi connectivity index (χ3n) is 3.70. The van der Waals surface area contributed by atoms with E-state index >= 15 is 0 Å². The molecule has 0 aliphatic rings. The first-order valence-electron chi connectivity index (χ1n) is 7.24. The number of nitrogen functional groups attached to an aromatic ring is 1. The summed E-state index contributed by atoms with van der Waals surface area (Å²) in [5.41, 5.74) is 7.32. The molecule has 0 amide bonds. The molecule has 1 aromatic carbocycles. The normalized spacial score (nSPS) is 10.2. The molecule has 3 aromatic rings. The molecule has 0 aliphatic carbocycles. The van der Waals surface area contributed by atoms with E-state index in [-0.39, 0.29) is 22.7 Å². The number of ether oxygens (including phenoxy) is 1. The summed E-state index contributed by atoms with van der Waals surface area (Å²) in [5, 5.41) is 11.0. The first kappa shape index (κ1) is 16.5. The van der Waals surface area contributed by atoms with Gasteiger partial charge in [0.1, 0.15) is 6.07 Å². The Bertz CT molecular complexity index is 980. The van der Waals surface area contributed by atoms with Crippen LogP contribution >= 0.6 is 11.3 Å². The minimum atomic E-state index is -0.641. The molecule has 0 aliphatic heterocycles. The minimum absolute atomic E-state index is 0.0630. The molecule has 2 heterocycles. The van der Waals surface area contributed by atoms with Crippen LogP contribution in [-0.2, 0) is 4.74 Å². The number of nitrogens with zero attached hydrogens (tertiary/aromatic N) is 2. The van der Waals surface area contributed by atoms with Crippen LogP contribution in [0.4, 0.5) is 5.69 Å². The number of esters is 1. The average Bonchev–Trinajstić information content (AvgIpc) is 3.28. The van der Waals surface area contributed by atoms with Crippen LogP contribution in [0.1, 0.15) is 31.3 Å². The predicted octanol–water partition coefficient (Wildman–Crippen LogP) is 3.01. The van der Waals surface area contributed by atoms with Crippen molar-refractivity contribution in [2.45, 2.75) is 0 Å². The van der Waals surface area contributed by atoms with Crippen molar-refractivity contribution in [1.29, 1.82) is 5.26 Å². The van der Waals surface area contributed by atoms with Crippen LogP contribution in [0.5, 0.6) is 0 Å². The molecule has 0 saturated heterocycles. The number of rotatable bonds is 4. The minimum Gasteiger partial charge on any atom is -0.464 e. The van der Waals surface area contributed by atoms with Crippen LogP contribution in [-0.4, -0.2) is 23.4 Å². The number of anilines is 1. The molecule has 3 rings (SSSR count). The van der Waals surface area contributed by atoms with Gasteiger partial charge in [-0.1, -0.05) is 6.07 Å². The number of carbonyl (C=O) groups is 2. The van der Waals surface area contributed by atoms with Gasteiger partial charge in [-0.15, -0.1) is 11.3 Å². The molecular weight excluding hydrogens is 338 g/mol. The van der Waals surface area contributed by atoms with Gasteiger partial charge in [0, 0.05) is 17.4 Å². The highest BCUT2D eigenvalue weighted by Crippen LogP contribution is 2.25. The molecular formula is C18H13N3O3S. The van der Waals surface area contributed by atoms with E-state index < -0.39 is 5.97 Å². The van der Waals surface area contributed by atoms with Gasteiger partial charge in [0.2, 0.25) is 5.78 Å². The standard InChI is InChI=1S/C18H13N3O3S/c1-24-18(23)16-15(20)12(9-19)10-21(16)13-6-4-11(5-7-13)17(22)14-3-2-8-25-14/h2-8,10H,20H2,1H3. The fourth-order valence-electron chi connectivity index (χ4n) is 2.44. The van der Waals surface area contributed by atoms with Gasteiger partial charge in [0.25, 0.3) is 0 Å². The van der Waals surface area contributed by atoms with Crippen molar-refractivity contribution in [1.82, 2.24) is 4.57 Å². The summed E-state index contributed by atoms with van der Waals surface area (Å²) in [6.45, 7) is 0. The molecule has 0 spiro atoms. The molecule has 2 N–H and O–H groups in total.